The Labute approximate surface area is 500 Å². The molecule has 0 aromatic heterocycles. The predicted molar refractivity (Wildman–Crippen MR) is 309 cm³/mol. The van der Waals surface area contributed by atoms with Gasteiger partial charge in [0.15, 0.2) is 0 Å². The van der Waals surface area contributed by atoms with E-state index in [0.717, 1.165) is 21.5 Å². The van der Waals surface area contributed by atoms with Gasteiger partial charge >= 0.3 is 306 Å². The number of benzene rings is 3. The van der Waals surface area contributed by atoms with Crippen LogP contribution in [0.2, 0.25) is 0 Å². The van der Waals surface area contributed by atoms with Crippen molar-refractivity contribution in [2.24, 2.45) is 0 Å². The van der Waals surface area contributed by atoms with E-state index in [1.807, 2.05) is 54.6 Å². The molecule has 2 fully saturated rings. The molecule has 4 aliphatic rings. The molecule has 2 saturated heterocycles. The SMILES string of the molecule is C=CCOC(=O)C1=C(C=C)CSC2C(NCCOCCOCCOC)C(=O)N12.C=CCOC(=O)C1=C(CP(I)(c2ccccc2)(c2ccccc2)c2ccccc2)CSC2C(NC(=O)COCCOCCOC)C(=O)N12.[Na+].[OH-]. The minimum Gasteiger partial charge on any atom is -0.870 e. The Bertz CT molecular complexity index is 2450. The molecule has 4 atom stereocenters. The van der Waals surface area contributed by atoms with E-state index in [1.165, 1.54) is 33.7 Å². The van der Waals surface area contributed by atoms with Crippen LogP contribution in [0.4, 0.5) is 0 Å². The summed E-state index contributed by atoms with van der Waals surface area (Å²) in [5.41, 5.74) is 2.06. The fourth-order valence-electron chi connectivity index (χ4n) is 8.83. The fourth-order valence-corrected chi connectivity index (χ4v) is 20.6. The molecule has 4 aliphatic heterocycles. The summed E-state index contributed by atoms with van der Waals surface area (Å²) in [7, 11) is 3.22. The number of carbonyl (C=O) groups is 5. The second-order valence-electron chi connectivity index (χ2n) is 17.3. The zero-order valence-corrected chi connectivity index (χ0v) is 51.1. The number of amides is 3. The number of esters is 2. The number of ether oxygens (including phenoxy) is 8. The molecule has 0 bridgehead atoms. The van der Waals surface area contributed by atoms with E-state index in [0.29, 0.717) is 82.6 Å². The predicted octanol–water partition coefficient (Wildman–Crippen LogP) is 1.46. The van der Waals surface area contributed by atoms with Crippen LogP contribution in [0.15, 0.2) is 152 Å². The van der Waals surface area contributed by atoms with Crippen molar-refractivity contribution in [1.82, 2.24) is 20.4 Å². The summed E-state index contributed by atoms with van der Waals surface area (Å²) in [4.78, 5) is 68.3. The first-order valence-corrected chi connectivity index (χ1v) is 32.0. The summed E-state index contributed by atoms with van der Waals surface area (Å²) in [5, 5.41) is 8.88. The number of β-lactam (4-membered cyclic amide) rings is 2. The van der Waals surface area contributed by atoms with Crippen LogP contribution in [0.3, 0.4) is 0 Å². The zero-order valence-electron chi connectivity index (χ0n) is 44.4. The maximum Gasteiger partial charge on any atom is 1.00 e. The molecule has 4 heterocycles. The number of nitrogens with one attached hydrogen (secondary N) is 2. The van der Waals surface area contributed by atoms with Crippen LogP contribution in [0, 0.1) is 0 Å². The van der Waals surface area contributed by atoms with Crippen molar-refractivity contribution in [3.63, 3.8) is 0 Å². The first-order chi connectivity index (χ1) is 37.0. The number of allylic oxidation sites excluding steroid dienone is 1. The summed E-state index contributed by atoms with van der Waals surface area (Å²) in [6.07, 6.45) is 5.10. The van der Waals surface area contributed by atoms with E-state index in [2.05, 4.69) is 88.8 Å². The summed E-state index contributed by atoms with van der Waals surface area (Å²) < 4.78 is 38.8. The van der Waals surface area contributed by atoms with E-state index >= 15 is 0 Å². The van der Waals surface area contributed by atoms with Gasteiger partial charge in [0.05, 0.1) is 46.2 Å². The number of thioether (sulfide) groups is 2. The molecule has 0 saturated carbocycles. The van der Waals surface area contributed by atoms with Crippen LogP contribution in [-0.2, 0) is 61.9 Å². The number of hydrogen-bond donors (Lipinski definition) is 2. The van der Waals surface area contributed by atoms with Gasteiger partial charge in [-0.05, 0) is 5.57 Å². The molecule has 0 radical (unpaired) electrons. The third-order valence-corrected chi connectivity index (χ3v) is 26.3. The Morgan fingerprint density at radius 2 is 1.08 bits per heavy atom. The van der Waals surface area contributed by atoms with Crippen molar-refractivity contribution in [2.75, 3.05) is 118 Å². The standard InChI is InChI=1S/C36H40IN2O7PS.C19H28N2O6S.Na.H2O/c1-3-19-46-36(42)33-27(26-48-35-32(34(41)39(33)35)38-31(40)24-45-23-22-44-21-20-43-2)25-47(37,28-13-7-4-8-14-28,29-15-9-5-10-16-29)30-17-11-6-12-18-30;1-4-7-27-19(23)16-14(5-2)13-28-18-15(17(22)21(16)18)20-6-8-25-11-12-26-10-9-24-3;;/h3-18,32,35H,1,19-26H2,2H3,(H,38,40);4-5,15,18,20H,1-2,6-13H2,3H3;;1H2/q;;+1;/p-1. The first-order valence-electron chi connectivity index (χ1n) is 24.7. The van der Waals surface area contributed by atoms with Crippen molar-refractivity contribution in [2.45, 2.75) is 22.8 Å². The number of fused-ring (bicyclic) bond motifs is 2. The molecular weight excluding hydrogens is 1190 g/mol. The van der Waals surface area contributed by atoms with Crippen LogP contribution in [-0.4, -0.2) is 185 Å². The van der Waals surface area contributed by atoms with E-state index in [1.54, 1.807) is 32.1 Å². The Morgan fingerprint density at radius 3 is 1.58 bits per heavy atom. The van der Waals surface area contributed by atoms with Crippen LogP contribution >= 0.6 is 49.8 Å². The number of methoxy groups -OCH3 is 2. The molecule has 23 heteroatoms. The largest absolute Gasteiger partial charge is 1.00 e. The smallest absolute Gasteiger partial charge is 0.870 e. The number of hydrogen-bond acceptors (Lipinski definition) is 17. The number of rotatable bonds is 31. The monoisotopic (exact) mass is 1250 g/mol. The molecule has 4 unspecified atom stereocenters. The molecule has 78 heavy (non-hydrogen) atoms. The van der Waals surface area contributed by atoms with Crippen LogP contribution < -0.4 is 56.1 Å². The number of nitrogens with zero attached hydrogens (tertiary/aromatic N) is 2. The number of halogens is 1. The molecule has 3 amide bonds. The van der Waals surface area contributed by atoms with Gasteiger partial charge in [0.1, 0.15) is 23.7 Å². The van der Waals surface area contributed by atoms with Crippen molar-refractivity contribution in [3.05, 3.63) is 152 Å². The molecule has 3 aromatic rings. The normalized spacial score (nSPS) is 18.8. The summed E-state index contributed by atoms with van der Waals surface area (Å²) in [5.74, 6) is -0.953. The maximum atomic E-state index is 13.9. The molecule has 0 spiro atoms. The molecule has 418 valence electrons. The summed E-state index contributed by atoms with van der Waals surface area (Å²) >= 11 is 5.81. The Balaban J connectivity index is 0.000000375. The van der Waals surface area contributed by atoms with E-state index in [9.17, 15) is 24.0 Å². The molecular formula is C55H69IN4NaO14PS2. The van der Waals surface area contributed by atoms with Gasteiger partial charge in [0.2, 0.25) is 5.91 Å². The van der Waals surface area contributed by atoms with Gasteiger partial charge < -0.3 is 39.2 Å². The summed E-state index contributed by atoms with van der Waals surface area (Å²) in [6, 6.07) is 30.1. The third-order valence-electron chi connectivity index (χ3n) is 12.5. The second kappa shape index (κ2) is 33.9. The van der Waals surface area contributed by atoms with Crippen molar-refractivity contribution in [1.29, 1.82) is 0 Å². The van der Waals surface area contributed by atoms with Crippen LogP contribution in [0.1, 0.15) is 0 Å². The minimum atomic E-state index is -3.35. The van der Waals surface area contributed by atoms with Gasteiger partial charge in [0, 0.05) is 26.5 Å². The fraction of sp³-hybridized carbons (Fsp3) is 0.400. The Kier molecular flexibility index (Phi) is 29.0. The topological polar surface area (TPSA) is 220 Å². The molecule has 3 aromatic carbocycles. The van der Waals surface area contributed by atoms with Gasteiger partial charge in [-0.1, -0.05) is 25.3 Å². The third kappa shape index (κ3) is 16.2. The molecule has 3 N–H and O–H groups in total. The van der Waals surface area contributed by atoms with Crippen LogP contribution in [0.25, 0.3) is 0 Å². The first kappa shape index (κ1) is 66.8. The van der Waals surface area contributed by atoms with Crippen LogP contribution in [0.5, 0.6) is 0 Å². The average Bonchev–Trinajstić information content (AvgIpc) is 3.60. The minimum absolute atomic E-state index is 0. The molecule has 0 aliphatic carbocycles. The van der Waals surface area contributed by atoms with Gasteiger partial charge in [-0.3, -0.25) is 9.69 Å². The van der Waals surface area contributed by atoms with Crippen molar-refractivity contribution in [3.8, 4) is 0 Å². The van der Waals surface area contributed by atoms with E-state index in [4.69, 9.17) is 37.9 Å². The van der Waals surface area contributed by atoms with E-state index in [-0.39, 0.29) is 96.1 Å². The molecule has 18 nitrogen and oxygen atoms in total. The van der Waals surface area contributed by atoms with Gasteiger partial charge in [-0.15, -0.1) is 11.8 Å². The van der Waals surface area contributed by atoms with Crippen molar-refractivity contribution >= 4 is 95.4 Å². The number of carbonyl (C=O) groups excluding carboxylic acids is 5. The van der Waals surface area contributed by atoms with Crippen molar-refractivity contribution < 1.29 is 96.9 Å². The quantitative estimate of drug-likeness (QED) is 0.0177. The van der Waals surface area contributed by atoms with E-state index < -0.39 is 33.5 Å². The zero-order chi connectivity index (χ0) is 54.4. The average molecular weight is 1260 g/mol. The van der Waals surface area contributed by atoms with Gasteiger partial charge in [0.25, 0.3) is 0 Å². The molecule has 7 rings (SSSR count). The Hall–Kier alpha value is -3.75. The summed E-state index contributed by atoms with van der Waals surface area (Å²) in [6.45, 7) is 15.4. The maximum absolute atomic E-state index is 13.9. The Morgan fingerprint density at radius 1 is 0.641 bits per heavy atom. The second-order valence-corrected chi connectivity index (χ2v) is 30.2. The van der Waals surface area contributed by atoms with Gasteiger partial charge in [-0.2, -0.15) is 0 Å². The van der Waals surface area contributed by atoms with Gasteiger partial charge in [-0.25, -0.2) is 4.79 Å².